The van der Waals surface area contributed by atoms with E-state index in [1.165, 1.54) is 0 Å². The molecule has 0 aromatic heterocycles. The maximum atomic E-state index is 10.6. The molecule has 0 saturated carbocycles. The molecule has 0 radical (unpaired) electrons. The maximum Gasteiger partial charge on any atom is 0.472 e. The number of aldehydes is 2. The molecule has 0 aliphatic carbocycles. The van der Waals surface area contributed by atoms with E-state index in [1.807, 2.05) is 0 Å². The molecule has 0 aliphatic heterocycles. The molecule has 0 aromatic carbocycles. The summed E-state index contributed by atoms with van der Waals surface area (Å²) in [5.41, 5.74) is 10.0. The van der Waals surface area contributed by atoms with Gasteiger partial charge in [0.1, 0.15) is 43.1 Å². The Morgan fingerprint density at radius 2 is 1.34 bits per heavy atom. The first-order chi connectivity index (χ1) is 13.1. The van der Waals surface area contributed by atoms with Gasteiger partial charge in [0.15, 0.2) is 0 Å². The van der Waals surface area contributed by atoms with Crippen molar-refractivity contribution in [3.8, 4) is 0 Å². The lowest BCUT2D eigenvalue weighted by Gasteiger charge is -2.36. The highest BCUT2D eigenvalue weighted by Gasteiger charge is 2.50. The number of hydrogen-bond donors (Lipinski definition) is 12. The Kier molecular flexibility index (Phi) is 13.9. The number of nitrogens with two attached hydrogens (primary N) is 2. The van der Waals surface area contributed by atoms with Crippen LogP contribution in [0.4, 0.5) is 0 Å². The van der Waals surface area contributed by atoms with Crippen molar-refractivity contribution >= 4 is 20.4 Å². The van der Waals surface area contributed by atoms with Crippen LogP contribution in [0.25, 0.3) is 0 Å². The summed E-state index contributed by atoms with van der Waals surface area (Å²) < 4.78 is 14.3. The third kappa shape index (κ3) is 10.1. The van der Waals surface area contributed by atoms with Crippen molar-refractivity contribution in [2.75, 3.05) is 13.2 Å². The van der Waals surface area contributed by atoms with Crippen molar-refractivity contribution < 1.29 is 69.3 Å². The van der Waals surface area contributed by atoms with Gasteiger partial charge in [-0.1, -0.05) is 0 Å². The smallest absolute Gasteiger partial charge is 0.394 e. The molecule has 0 saturated heterocycles. The highest BCUT2D eigenvalue weighted by Crippen LogP contribution is 2.43. The zero-order chi connectivity index (χ0) is 23.6. The molecule has 0 bridgehead atoms. The van der Waals surface area contributed by atoms with E-state index in [-0.39, 0.29) is 12.6 Å². The standard InChI is InChI=1S/C6H14NO9P.C6H13NO5/c7-3(1-8)5(11)6(12,4(10)2-9)16-17(13,14)15;7-3(1-8)5(11)6(12)4(10)2-9/h1,3-5,9-12H,2,7H2,(H2,13,14,15);1,3-6,9-12H,2,7H2/t3-,4+,5+,6-;3-,4+,5+,6+/m00/s1. The number of hydrogen-bond acceptors (Lipinski definition) is 14. The van der Waals surface area contributed by atoms with Crippen LogP contribution in [0.5, 0.6) is 0 Å². The van der Waals surface area contributed by atoms with Crippen LogP contribution in [0.1, 0.15) is 0 Å². The number of aliphatic hydroxyl groups is 8. The van der Waals surface area contributed by atoms with E-state index in [1.54, 1.807) is 0 Å². The van der Waals surface area contributed by atoms with Gasteiger partial charge < -0.3 is 71.7 Å². The summed E-state index contributed by atoms with van der Waals surface area (Å²) in [5.74, 6) is -3.28. The van der Waals surface area contributed by atoms with Gasteiger partial charge in [0, 0.05) is 0 Å². The molecule has 0 fully saturated rings. The van der Waals surface area contributed by atoms with E-state index in [0.29, 0.717) is 0 Å². The van der Waals surface area contributed by atoms with E-state index in [2.05, 4.69) is 4.52 Å². The van der Waals surface area contributed by atoms with Gasteiger partial charge in [0.25, 0.3) is 0 Å². The molecule has 0 amide bonds. The van der Waals surface area contributed by atoms with E-state index in [4.69, 9.17) is 51.9 Å². The number of aliphatic hydroxyl groups excluding tert-OH is 7. The molecule has 8 atom stereocenters. The Bertz CT molecular complexity index is 535. The molecule has 0 spiro atoms. The van der Waals surface area contributed by atoms with Gasteiger partial charge >= 0.3 is 7.82 Å². The number of phosphoric acid groups is 1. The lowest BCUT2D eigenvalue weighted by molar-refractivity contribution is -0.271. The van der Waals surface area contributed by atoms with Crippen molar-refractivity contribution in [1.29, 1.82) is 0 Å². The quantitative estimate of drug-likeness (QED) is 0.0739. The molecular weight excluding hydrogens is 427 g/mol. The Morgan fingerprint density at radius 3 is 1.66 bits per heavy atom. The zero-order valence-electron chi connectivity index (χ0n) is 14.8. The molecule has 0 aromatic rings. The van der Waals surface area contributed by atoms with Crippen LogP contribution >= 0.6 is 7.82 Å². The topological polar surface area (TPSA) is 315 Å². The number of rotatable bonds is 12. The summed E-state index contributed by atoms with van der Waals surface area (Å²) in [7, 11) is -5.31. The Balaban J connectivity index is 0. The summed E-state index contributed by atoms with van der Waals surface area (Å²) >= 11 is 0. The van der Waals surface area contributed by atoms with E-state index >= 15 is 0 Å². The first kappa shape index (κ1) is 30.2. The fourth-order valence-corrected chi connectivity index (χ4v) is 2.24. The molecule has 0 unspecified atom stereocenters. The maximum absolute atomic E-state index is 10.6. The van der Waals surface area contributed by atoms with Crippen molar-refractivity contribution in [3.63, 3.8) is 0 Å². The second kappa shape index (κ2) is 13.4. The molecule has 17 heteroatoms. The van der Waals surface area contributed by atoms with Crippen LogP contribution in [0.15, 0.2) is 0 Å². The Labute approximate surface area is 163 Å². The summed E-state index contributed by atoms with van der Waals surface area (Å²) in [6, 6.07) is -3.05. The van der Waals surface area contributed by atoms with E-state index in [9.17, 15) is 24.4 Å². The van der Waals surface area contributed by atoms with Gasteiger partial charge in [-0.2, -0.15) is 0 Å². The molecule has 14 N–H and O–H groups in total. The molecule has 0 aliphatic rings. The predicted octanol–water partition coefficient (Wildman–Crippen LogP) is -7.39. The lowest BCUT2D eigenvalue weighted by atomic mass is 9.99. The third-order valence-corrected chi connectivity index (χ3v) is 3.87. The minimum Gasteiger partial charge on any atom is -0.394 e. The van der Waals surface area contributed by atoms with Gasteiger partial charge in [-0.15, -0.1) is 0 Å². The first-order valence-electron chi connectivity index (χ1n) is 7.65. The minimum absolute atomic E-state index is 0.0389. The van der Waals surface area contributed by atoms with Crippen LogP contribution < -0.4 is 11.5 Å². The second-order valence-electron chi connectivity index (χ2n) is 5.63. The number of phosphoric ester groups is 1. The van der Waals surface area contributed by atoms with Gasteiger partial charge in [-0.25, -0.2) is 9.09 Å². The third-order valence-electron chi connectivity index (χ3n) is 3.34. The van der Waals surface area contributed by atoms with Gasteiger partial charge in [0.2, 0.25) is 5.79 Å². The SMILES string of the molecule is N[C@@H](C=O)[C@@H](O)[C@@](O)(OP(=O)(O)O)[C@H](O)CO.N[C@@H](C=O)[C@@H](O)[C@H](O)[C@H](O)CO. The molecule has 0 rings (SSSR count). The van der Waals surface area contributed by atoms with Crippen LogP contribution in [0, 0.1) is 0 Å². The Hall–Kier alpha value is -0.950. The van der Waals surface area contributed by atoms with Crippen LogP contribution in [0.3, 0.4) is 0 Å². The number of carbonyl (C=O) groups is 2. The van der Waals surface area contributed by atoms with Crippen LogP contribution in [-0.2, 0) is 18.7 Å². The minimum atomic E-state index is -5.31. The van der Waals surface area contributed by atoms with Gasteiger partial charge in [-0.3, -0.25) is 0 Å². The summed E-state index contributed by atoms with van der Waals surface area (Å²) in [4.78, 5) is 37.3. The molecule has 16 nitrogen and oxygen atoms in total. The van der Waals surface area contributed by atoms with Crippen LogP contribution in [-0.4, -0.2) is 125 Å². The predicted molar refractivity (Wildman–Crippen MR) is 90.4 cm³/mol. The van der Waals surface area contributed by atoms with Crippen LogP contribution in [0.2, 0.25) is 0 Å². The van der Waals surface area contributed by atoms with Crippen molar-refractivity contribution in [2.45, 2.75) is 48.4 Å². The summed E-state index contributed by atoms with van der Waals surface area (Å²) in [6.45, 7) is -1.90. The fraction of sp³-hybridized carbons (Fsp3) is 0.833. The zero-order valence-corrected chi connectivity index (χ0v) is 15.7. The monoisotopic (exact) mass is 454 g/mol. The average molecular weight is 454 g/mol. The molecule has 29 heavy (non-hydrogen) atoms. The number of carbonyl (C=O) groups excluding carboxylic acids is 2. The van der Waals surface area contributed by atoms with Crippen molar-refractivity contribution in [2.24, 2.45) is 11.5 Å². The van der Waals surface area contributed by atoms with Gasteiger partial charge in [-0.05, 0) is 0 Å². The second-order valence-corrected chi connectivity index (χ2v) is 6.80. The van der Waals surface area contributed by atoms with Gasteiger partial charge in [0.05, 0.1) is 25.3 Å². The lowest BCUT2D eigenvalue weighted by Crippen LogP contribution is -2.61. The fourth-order valence-electron chi connectivity index (χ4n) is 1.63. The molecule has 174 valence electrons. The van der Waals surface area contributed by atoms with Crippen molar-refractivity contribution in [1.82, 2.24) is 0 Å². The normalized spacial score (nSPS) is 21.2. The highest BCUT2D eigenvalue weighted by atomic mass is 31.2. The molecule has 0 heterocycles. The summed E-state index contributed by atoms with van der Waals surface area (Å²) in [5, 5.41) is 71.8. The highest BCUT2D eigenvalue weighted by molar-refractivity contribution is 7.46. The van der Waals surface area contributed by atoms with E-state index in [0.717, 1.165) is 0 Å². The van der Waals surface area contributed by atoms with E-state index < -0.39 is 69.4 Å². The average Bonchev–Trinajstić information content (AvgIpc) is 2.68. The Morgan fingerprint density at radius 1 is 0.897 bits per heavy atom. The van der Waals surface area contributed by atoms with Crippen molar-refractivity contribution in [3.05, 3.63) is 0 Å². The first-order valence-corrected chi connectivity index (χ1v) is 9.18. The largest absolute Gasteiger partial charge is 0.472 e. The summed E-state index contributed by atoms with van der Waals surface area (Å²) in [6.07, 6.45) is -9.10. The molecular formula is C12H27N2O14P.